The summed E-state index contributed by atoms with van der Waals surface area (Å²) in [6.45, 7) is 0. The van der Waals surface area contributed by atoms with Crippen molar-refractivity contribution in [2.24, 2.45) is 0 Å². The van der Waals surface area contributed by atoms with Crippen LogP contribution in [0.25, 0.3) is 5.53 Å². The second kappa shape index (κ2) is 6.56. The summed E-state index contributed by atoms with van der Waals surface area (Å²) in [5.74, 6) is 1.01. The van der Waals surface area contributed by atoms with Crippen LogP contribution in [0.3, 0.4) is 0 Å². The monoisotopic (exact) mass is 410 g/mol. The van der Waals surface area contributed by atoms with Crippen LogP contribution in [-0.4, -0.2) is 44.5 Å². The number of fused-ring (bicyclic) bond motifs is 6. The molecule has 1 heterocycles. The highest BCUT2D eigenvalue weighted by molar-refractivity contribution is 6.52. The number of Topliss-reactive ketones (excluding diaryl/α,β-unsaturated/α-hetero) is 1. The number of ether oxygens (including phenoxy) is 1. The maximum atomic E-state index is 13.3. The highest BCUT2D eigenvalue weighted by Gasteiger charge is 2.61. The van der Waals surface area contributed by atoms with Gasteiger partial charge in [0.05, 0.1) is 0 Å². The number of nitrogens with zero attached hydrogens (tertiary/aromatic N) is 4. The van der Waals surface area contributed by atoms with Crippen LogP contribution in [0.2, 0.25) is 0 Å². The maximum absolute atomic E-state index is 13.3. The number of hydrogen-bond acceptors (Lipinski definition) is 4. The molecule has 0 radical (unpaired) electrons. The van der Waals surface area contributed by atoms with Crippen molar-refractivity contribution in [1.82, 2.24) is 0 Å². The van der Waals surface area contributed by atoms with Crippen LogP contribution in [0.1, 0.15) is 27.0 Å². The summed E-state index contributed by atoms with van der Waals surface area (Å²) in [5, 5.41) is 0. The summed E-state index contributed by atoms with van der Waals surface area (Å²) in [7, 11) is 7.86. The van der Waals surface area contributed by atoms with Crippen LogP contribution >= 0.6 is 0 Å². The largest absolute Gasteiger partial charge is 0.457 e. The minimum absolute atomic E-state index is 0.0923. The molecule has 0 fully saturated rings. The van der Waals surface area contributed by atoms with Crippen molar-refractivity contribution < 1.29 is 14.3 Å². The molecule has 5 rings (SSSR count). The first-order valence-electron chi connectivity index (χ1n) is 10.1. The molecule has 0 saturated carbocycles. The molecule has 0 amide bonds. The molecule has 3 aromatic rings. The van der Waals surface area contributed by atoms with E-state index in [4.69, 9.17) is 4.74 Å². The van der Waals surface area contributed by atoms with Crippen molar-refractivity contribution in [2.75, 3.05) is 38.0 Å². The van der Waals surface area contributed by atoms with Crippen molar-refractivity contribution in [2.45, 2.75) is 5.41 Å². The number of anilines is 2. The lowest BCUT2D eigenvalue weighted by atomic mass is 9.67. The summed E-state index contributed by atoms with van der Waals surface area (Å²) in [5.41, 5.74) is 14.0. The standard InChI is InChI=1S/C25H22N4O2/c1-28(2)15-9-11-19-21(13-15)31-22-14-16(29(3)4)10-12-20(22)25(19)18-8-6-5-7-17(18)23(30)24(25)27-26/h5-14H,1-4H3. The van der Waals surface area contributed by atoms with Gasteiger partial charge in [-0.2, -0.15) is 4.79 Å². The van der Waals surface area contributed by atoms with Crippen molar-refractivity contribution in [3.05, 3.63) is 88.4 Å². The fraction of sp³-hybridized carbons (Fsp3) is 0.200. The first-order valence-corrected chi connectivity index (χ1v) is 10.1. The Kier molecular flexibility index (Phi) is 4.04. The number of benzene rings is 3. The Bertz CT molecular complexity index is 1250. The maximum Gasteiger partial charge on any atom is 0.358 e. The minimum atomic E-state index is -1.04. The molecule has 0 unspecified atom stereocenters. The van der Waals surface area contributed by atoms with E-state index in [1.165, 1.54) is 0 Å². The molecule has 2 aliphatic rings. The first-order chi connectivity index (χ1) is 14.9. The van der Waals surface area contributed by atoms with Gasteiger partial charge in [-0.25, -0.2) is 0 Å². The Hall–Kier alpha value is -3.89. The van der Waals surface area contributed by atoms with Gasteiger partial charge < -0.3 is 20.1 Å². The van der Waals surface area contributed by atoms with Gasteiger partial charge in [-0.05, 0) is 17.7 Å². The van der Waals surface area contributed by atoms with Gasteiger partial charge in [0, 0.05) is 68.4 Å². The number of carbonyl (C=O) groups is 1. The van der Waals surface area contributed by atoms with Gasteiger partial charge in [-0.1, -0.05) is 36.4 Å². The second-order valence-electron chi connectivity index (χ2n) is 8.33. The SMILES string of the molecule is CN(C)c1ccc2c(c1)Oc1cc(N(C)C)ccc1C21C(=[N+]=[N-])C(=O)c2ccccc21. The van der Waals surface area contributed by atoms with E-state index in [2.05, 4.69) is 4.79 Å². The van der Waals surface area contributed by atoms with Gasteiger partial charge in [0.1, 0.15) is 11.5 Å². The predicted molar refractivity (Wildman–Crippen MR) is 121 cm³/mol. The van der Waals surface area contributed by atoms with Crippen molar-refractivity contribution >= 4 is 22.9 Å². The molecule has 0 aromatic heterocycles. The van der Waals surface area contributed by atoms with Gasteiger partial charge in [-0.3, -0.25) is 4.79 Å². The second-order valence-corrected chi connectivity index (χ2v) is 8.33. The number of hydrogen-bond donors (Lipinski definition) is 0. The van der Waals surface area contributed by atoms with Crippen LogP contribution < -0.4 is 14.5 Å². The molecular weight excluding hydrogens is 388 g/mol. The average Bonchev–Trinajstić information content (AvgIpc) is 3.02. The molecule has 3 aromatic carbocycles. The van der Waals surface area contributed by atoms with Gasteiger partial charge in [0.25, 0.3) is 5.78 Å². The van der Waals surface area contributed by atoms with Crippen LogP contribution in [0.5, 0.6) is 11.5 Å². The molecule has 1 spiro atoms. The van der Waals surface area contributed by atoms with Crippen molar-refractivity contribution in [1.29, 1.82) is 0 Å². The molecule has 31 heavy (non-hydrogen) atoms. The Labute approximate surface area is 180 Å². The summed E-state index contributed by atoms with van der Waals surface area (Å²) >= 11 is 0. The van der Waals surface area contributed by atoms with E-state index in [0.717, 1.165) is 28.1 Å². The first kappa shape index (κ1) is 19.1. The highest BCUT2D eigenvalue weighted by atomic mass is 16.5. The molecule has 1 aliphatic carbocycles. The highest BCUT2D eigenvalue weighted by Crippen LogP contribution is 2.56. The fourth-order valence-electron chi connectivity index (χ4n) is 4.73. The third kappa shape index (κ3) is 2.43. The summed E-state index contributed by atoms with van der Waals surface area (Å²) in [6.07, 6.45) is 0. The van der Waals surface area contributed by atoms with Crippen molar-refractivity contribution in [3.8, 4) is 11.5 Å². The molecule has 0 atom stereocenters. The quantitative estimate of drug-likeness (QED) is 0.471. The van der Waals surface area contributed by atoms with Gasteiger partial charge in [0.15, 0.2) is 5.41 Å². The zero-order chi connectivity index (χ0) is 21.9. The van der Waals surface area contributed by atoms with Crippen LogP contribution in [0.15, 0.2) is 60.7 Å². The normalized spacial score (nSPS) is 15.0. The van der Waals surface area contributed by atoms with Crippen LogP contribution in [0.4, 0.5) is 11.4 Å². The number of carbonyl (C=O) groups excluding carboxylic acids is 1. The topological polar surface area (TPSA) is 69.2 Å². The molecule has 6 heteroatoms. The third-order valence-electron chi connectivity index (χ3n) is 6.24. The fourth-order valence-corrected chi connectivity index (χ4v) is 4.73. The van der Waals surface area contributed by atoms with Gasteiger partial charge >= 0.3 is 5.71 Å². The van der Waals surface area contributed by atoms with Gasteiger partial charge in [-0.15, -0.1) is 0 Å². The average molecular weight is 410 g/mol. The Morgan fingerprint density at radius 2 is 1.35 bits per heavy atom. The Balaban J connectivity index is 1.93. The molecule has 0 saturated heterocycles. The molecule has 154 valence electrons. The Morgan fingerprint density at radius 3 is 1.87 bits per heavy atom. The summed E-state index contributed by atoms with van der Waals surface area (Å²) in [6, 6.07) is 19.3. The summed E-state index contributed by atoms with van der Waals surface area (Å²) < 4.78 is 6.39. The van der Waals surface area contributed by atoms with Crippen LogP contribution in [0, 0.1) is 0 Å². The van der Waals surface area contributed by atoms with Crippen LogP contribution in [-0.2, 0) is 5.41 Å². The van der Waals surface area contributed by atoms with E-state index < -0.39 is 5.41 Å². The van der Waals surface area contributed by atoms with Crippen molar-refractivity contribution in [3.63, 3.8) is 0 Å². The summed E-state index contributed by atoms with van der Waals surface area (Å²) in [4.78, 5) is 20.9. The predicted octanol–water partition coefficient (Wildman–Crippen LogP) is 4.13. The Morgan fingerprint density at radius 1 is 0.806 bits per heavy atom. The zero-order valence-electron chi connectivity index (χ0n) is 17.9. The lowest BCUT2D eigenvalue weighted by Crippen LogP contribution is -2.40. The molecule has 6 nitrogen and oxygen atoms in total. The van der Waals surface area contributed by atoms with E-state index in [1.54, 1.807) is 6.07 Å². The molecule has 0 N–H and O–H groups in total. The number of rotatable bonds is 2. The lowest BCUT2D eigenvalue weighted by Gasteiger charge is -2.35. The zero-order valence-corrected chi connectivity index (χ0v) is 17.9. The van der Waals surface area contributed by atoms with E-state index in [1.807, 2.05) is 92.6 Å². The lowest BCUT2D eigenvalue weighted by molar-refractivity contribution is -0.0118. The van der Waals surface area contributed by atoms with E-state index >= 15 is 0 Å². The van der Waals surface area contributed by atoms with Gasteiger partial charge in [0.2, 0.25) is 0 Å². The third-order valence-corrected chi connectivity index (χ3v) is 6.24. The van der Waals surface area contributed by atoms with E-state index in [9.17, 15) is 10.3 Å². The molecular formula is C25H22N4O2. The minimum Gasteiger partial charge on any atom is -0.457 e. The molecule has 1 aliphatic heterocycles. The number of ketones is 1. The smallest absolute Gasteiger partial charge is 0.358 e. The van der Waals surface area contributed by atoms with E-state index in [-0.39, 0.29) is 11.5 Å². The van der Waals surface area contributed by atoms with E-state index in [0.29, 0.717) is 17.1 Å². The molecule has 0 bridgehead atoms.